The fourth-order valence-electron chi connectivity index (χ4n) is 2.19. The Morgan fingerprint density at radius 1 is 1.19 bits per heavy atom. The topological polar surface area (TPSA) is 83.4 Å². The van der Waals surface area contributed by atoms with Gasteiger partial charge in [0.05, 0.1) is 11.6 Å². The van der Waals surface area contributed by atoms with Gasteiger partial charge in [-0.2, -0.15) is 0 Å². The molecule has 3 aromatic rings. The van der Waals surface area contributed by atoms with Crippen LogP contribution in [0, 0.1) is 0 Å². The summed E-state index contributed by atoms with van der Waals surface area (Å²) in [6, 6.07) is 11.2. The second kappa shape index (κ2) is 8.25. The third-order valence-corrected chi connectivity index (χ3v) is 4.26. The number of methoxy groups -OCH3 is 1. The first-order chi connectivity index (χ1) is 12.5. The fourth-order valence-corrected chi connectivity index (χ4v) is 2.89. The Labute approximate surface area is 163 Å². The zero-order valence-corrected chi connectivity index (χ0v) is 16.1. The van der Waals surface area contributed by atoms with Gasteiger partial charge in [0.1, 0.15) is 6.61 Å². The lowest BCUT2D eigenvalue weighted by Gasteiger charge is -2.13. The highest BCUT2D eigenvalue weighted by atomic mass is 79.9. The Bertz CT molecular complexity index is 926. The average Bonchev–Trinajstić information content (AvgIpc) is 3.05. The molecule has 1 aromatic heterocycles. The third kappa shape index (κ3) is 4.56. The van der Waals surface area contributed by atoms with Gasteiger partial charge in [0.25, 0.3) is 0 Å². The van der Waals surface area contributed by atoms with Crippen molar-refractivity contribution in [1.82, 2.24) is 10.2 Å². The van der Waals surface area contributed by atoms with E-state index in [2.05, 4.69) is 26.1 Å². The molecule has 0 radical (unpaired) electrons. The highest BCUT2D eigenvalue weighted by Crippen LogP contribution is 2.37. The first kappa shape index (κ1) is 18.3. The van der Waals surface area contributed by atoms with Gasteiger partial charge in [-0.3, -0.25) is 0 Å². The molecule has 26 heavy (non-hydrogen) atoms. The molecule has 0 fully saturated rings. The largest absolute Gasteiger partial charge is 0.493 e. The number of benzene rings is 2. The molecule has 0 saturated heterocycles. The van der Waals surface area contributed by atoms with Gasteiger partial charge in [0.15, 0.2) is 11.5 Å². The molecule has 0 unspecified atom stereocenters. The SMILES string of the molecule is COc1cc(/C=C/c2nnc(N)o2)cc(Br)c1OCc1ccc(Cl)cc1. The van der Waals surface area contributed by atoms with Crippen LogP contribution in [-0.2, 0) is 6.61 Å². The maximum Gasteiger partial charge on any atom is 0.313 e. The average molecular weight is 437 g/mol. The van der Waals surface area contributed by atoms with Crippen LogP contribution in [-0.4, -0.2) is 17.3 Å². The standard InChI is InChI=1S/C18H15BrClN3O3/c1-24-15-9-12(4-7-16-22-23-18(21)26-16)8-14(19)17(15)25-10-11-2-5-13(20)6-3-11/h2-9H,10H2,1H3,(H2,21,23)/b7-4+. The number of anilines is 1. The van der Waals surface area contributed by atoms with Crippen molar-refractivity contribution in [3.05, 3.63) is 62.9 Å². The van der Waals surface area contributed by atoms with E-state index in [-0.39, 0.29) is 6.01 Å². The van der Waals surface area contributed by atoms with E-state index >= 15 is 0 Å². The van der Waals surface area contributed by atoms with Crippen molar-refractivity contribution in [3.63, 3.8) is 0 Å². The molecule has 2 aromatic carbocycles. The Kier molecular flexibility index (Phi) is 5.80. The van der Waals surface area contributed by atoms with Crippen LogP contribution in [0.2, 0.25) is 5.02 Å². The number of hydrogen-bond donors (Lipinski definition) is 1. The number of nitrogens with two attached hydrogens (primary N) is 1. The molecule has 1 heterocycles. The van der Waals surface area contributed by atoms with Crippen LogP contribution in [0.15, 0.2) is 45.3 Å². The van der Waals surface area contributed by atoms with Crippen molar-refractivity contribution in [3.8, 4) is 11.5 Å². The Morgan fingerprint density at radius 2 is 1.96 bits per heavy atom. The molecule has 134 valence electrons. The first-order valence-electron chi connectivity index (χ1n) is 7.57. The lowest BCUT2D eigenvalue weighted by molar-refractivity contribution is 0.282. The molecule has 0 amide bonds. The Morgan fingerprint density at radius 3 is 2.62 bits per heavy atom. The lowest BCUT2D eigenvalue weighted by atomic mass is 10.2. The van der Waals surface area contributed by atoms with Gasteiger partial charge in [0, 0.05) is 11.1 Å². The van der Waals surface area contributed by atoms with E-state index in [4.69, 9.17) is 31.2 Å². The first-order valence-corrected chi connectivity index (χ1v) is 8.74. The van der Waals surface area contributed by atoms with Crippen molar-refractivity contribution in [1.29, 1.82) is 0 Å². The van der Waals surface area contributed by atoms with Gasteiger partial charge in [-0.05, 0) is 57.4 Å². The minimum atomic E-state index is 0.0226. The Hall–Kier alpha value is -2.51. The molecule has 0 spiro atoms. The quantitative estimate of drug-likeness (QED) is 0.596. The van der Waals surface area contributed by atoms with Crippen LogP contribution >= 0.6 is 27.5 Å². The maximum atomic E-state index is 5.91. The monoisotopic (exact) mass is 435 g/mol. The number of hydrogen-bond acceptors (Lipinski definition) is 6. The minimum absolute atomic E-state index is 0.0226. The molecule has 0 aliphatic rings. The lowest BCUT2D eigenvalue weighted by Crippen LogP contribution is -1.99. The molecule has 6 nitrogen and oxygen atoms in total. The summed E-state index contributed by atoms with van der Waals surface area (Å²) in [5.74, 6) is 1.53. The number of aromatic nitrogens is 2. The number of rotatable bonds is 6. The zero-order valence-electron chi connectivity index (χ0n) is 13.8. The predicted octanol–water partition coefficient (Wildman–Crippen LogP) is 4.83. The van der Waals surface area contributed by atoms with Gasteiger partial charge in [0.2, 0.25) is 5.89 Å². The number of halogens is 2. The molecule has 0 bridgehead atoms. The zero-order chi connectivity index (χ0) is 18.5. The highest BCUT2D eigenvalue weighted by Gasteiger charge is 2.11. The Balaban J connectivity index is 1.78. The summed E-state index contributed by atoms with van der Waals surface area (Å²) in [5, 5.41) is 8.06. The molecular weight excluding hydrogens is 422 g/mol. The van der Waals surface area contributed by atoms with Crippen LogP contribution in [0.4, 0.5) is 6.01 Å². The van der Waals surface area contributed by atoms with E-state index in [9.17, 15) is 0 Å². The van der Waals surface area contributed by atoms with Crippen molar-refractivity contribution < 1.29 is 13.9 Å². The second-order valence-corrected chi connectivity index (χ2v) is 6.55. The summed E-state index contributed by atoms with van der Waals surface area (Å²) >= 11 is 9.42. The van der Waals surface area contributed by atoms with Crippen LogP contribution in [0.25, 0.3) is 12.2 Å². The molecule has 0 aliphatic carbocycles. The van der Waals surface area contributed by atoms with Crippen molar-refractivity contribution in [2.24, 2.45) is 0 Å². The summed E-state index contributed by atoms with van der Waals surface area (Å²) in [6.07, 6.45) is 3.47. The van der Waals surface area contributed by atoms with Crippen LogP contribution in [0.3, 0.4) is 0 Å². The van der Waals surface area contributed by atoms with E-state index in [1.54, 1.807) is 13.2 Å². The van der Waals surface area contributed by atoms with E-state index < -0.39 is 0 Å². The van der Waals surface area contributed by atoms with Gasteiger partial charge in [-0.1, -0.05) is 28.8 Å². The van der Waals surface area contributed by atoms with Crippen LogP contribution in [0.1, 0.15) is 17.0 Å². The van der Waals surface area contributed by atoms with Gasteiger partial charge >= 0.3 is 6.01 Å². The smallest absolute Gasteiger partial charge is 0.313 e. The maximum absolute atomic E-state index is 5.91. The van der Waals surface area contributed by atoms with E-state index in [1.807, 2.05) is 42.5 Å². The molecule has 0 saturated carbocycles. The van der Waals surface area contributed by atoms with E-state index in [1.165, 1.54) is 0 Å². The summed E-state index contributed by atoms with van der Waals surface area (Å²) in [4.78, 5) is 0. The number of nitrogen functional groups attached to an aromatic ring is 1. The number of nitrogens with zero attached hydrogens (tertiary/aromatic N) is 2. The van der Waals surface area contributed by atoms with Gasteiger partial charge in [-0.25, -0.2) is 0 Å². The minimum Gasteiger partial charge on any atom is -0.493 e. The van der Waals surface area contributed by atoms with Gasteiger partial charge < -0.3 is 19.6 Å². The molecule has 2 N–H and O–H groups in total. The summed E-state index contributed by atoms with van der Waals surface area (Å²) in [7, 11) is 1.59. The summed E-state index contributed by atoms with van der Waals surface area (Å²) < 4.78 is 17.2. The highest BCUT2D eigenvalue weighted by molar-refractivity contribution is 9.10. The molecule has 0 atom stereocenters. The summed E-state index contributed by atoms with van der Waals surface area (Å²) in [6.45, 7) is 0.391. The molecule has 8 heteroatoms. The normalized spacial score (nSPS) is 11.0. The van der Waals surface area contributed by atoms with E-state index in [0.29, 0.717) is 29.0 Å². The van der Waals surface area contributed by atoms with Crippen molar-refractivity contribution >= 4 is 45.7 Å². The van der Waals surface area contributed by atoms with Crippen molar-refractivity contribution in [2.45, 2.75) is 6.61 Å². The van der Waals surface area contributed by atoms with Crippen LogP contribution < -0.4 is 15.2 Å². The number of ether oxygens (including phenoxy) is 2. The van der Waals surface area contributed by atoms with Gasteiger partial charge in [-0.15, -0.1) is 5.10 Å². The molecular formula is C18H15BrClN3O3. The second-order valence-electron chi connectivity index (χ2n) is 5.26. The molecule has 3 rings (SSSR count). The predicted molar refractivity (Wildman–Crippen MR) is 104 cm³/mol. The van der Waals surface area contributed by atoms with Crippen molar-refractivity contribution in [2.75, 3.05) is 12.8 Å². The molecule has 0 aliphatic heterocycles. The van der Waals surface area contributed by atoms with E-state index in [0.717, 1.165) is 15.6 Å². The van der Waals surface area contributed by atoms with Crippen LogP contribution in [0.5, 0.6) is 11.5 Å². The summed E-state index contributed by atoms with van der Waals surface area (Å²) in [5.41, 5.74) is 7.27. The fraction of sp³-hybridized carbons (Fsp3) is 0.111. The third-order valence-electron chi connectivity index (χ3n) is 3.42.